The largest absolute Gasteiger partial charge is 0.464 e. The molecule has 2 aliphatic rings. The van der Waals surface area contributed by atoms with Crippen LogP contribution in [0.1, 0.15) is 52.7 Å². The van der Waals surface area contributed by atoms with Crippen molar-refractivity contribution in [3.8, 4) is 22.3 Å². The zero-order chi connectivity index (χ0) is 43.9. The second kappa shape index (κ2) is 13.9. The van der Waals surface area contributed by atoms with Crippen LogP contribution in [0, 0.1) is 0 Å². The van der Waals surface area contributed by atoms with E-state index >= 15 is 0 Å². The minimum absolute atomic E-state index is 0.00237. The summed E-state index contributed by atoms with van der Waals surface area (Å²) >= 11 is 3.93. The first-order valence-electron chi connectivity index (χ1n) is 22.5. The molecule has 0 bridgehead atoms. The highest BCUT2D eigenvalue weighted by molar-refractivity contribution is 7.40. The van der Waals surface area contributed by atoms with Gasteiger partial charge in [-0.05, 0) is 111 Å². The van der Waals surface area contributed by atoms with Gasteiger partial charge in [-0.25, -0.2) is 0 Å². The second-order valence-electron chi connectivity index (χ2n) is 19.8. The van der Waals surface area contributed by atoms with Crippen LogP contribution in [0.5, 0.6) is 0 Å². The van der Waals surface area contributed by atoms with Crippen molar-refractivity contribution in [2.45, 2.75) is 52.4 Å². The summed E-state index contributed by atoms with van der Waals surface area (Å²) in [6, 6.07) is 56.2. The van der Waals surface area contributed by atoms with Gasteiger partial charge >= 0.3 is 0 Å². The molecular weight excluding hydrogens is 832 g/mol. The van der Waals surface area contributed by atoms with E-state index in [4.69, 9.17) is 8.83 Å². The lowest BCUT2D eigenvalue weighted by molar-refractivity contribution is 0.591. The van der Waals surface area contributed by atoms with Gasteiger partial charge in [0.15, 0.2) is 0 Å². The van der Waals surface area contributed by atoms with E-state index in [0.717, 1.165) is 55.6 Å². The van der Waals surface area contributed by atoms with Crippen molar-refractivity contribution in [2.75, 3.05) is 9.80 Å². The second-order valence-corrected chi connectivity index (χ2v) is 21.9. The topological polar surface area (TPSA) is 32.8 Å². The number of thiophene rings is 2. The molecule has 0 amide bonds. The molecule has 0 N–H and O–H groups in total. The van der Waals surface area contributed by atoms with Crippen molar-refractivity contribution >= 4 is 121 Å². The lowest BCUT2D eigenvalue weighted by Crippen LogP contribution is -2.59. The van der Waals surface area contributed by atoms with E-state index in [-0.39, 0.29) is 17.5 Å². The van der Waals surface area contributed by atoms with Crippen molar-refractivity contribution < 1.29 is 8.83 Å². The normalized spacial score (nSPS) is 13.6. The predicted octanol–water partition coefficient (Wildman–Crippen LogP) is 15.6. The van der Waals surface area contributed by atoms with Gasteiger partial charge in [0, 0.05) is 74.4 Å². The highest BCUT2D eigenvalue weighted by Gasteiger charge is 2.47. The molecule has 0 aliphatic carbocycles. The summed E-state index contributed by atoms with van der Waals surface area (Å²) < 4.78 is 17.4. The lowest BCUT2D eigenvalue weighted by atomic mass is 9.39. The van der Waals surface area contributed by atoms with E-state index in [1.54, 1.807) is 0 Å². The first-order valence-corrected chi connectivity index (χ1v) is 24.1. The minimum atomic E-state index is -0.00237. The summed E-state index contributed by atoms with van der Waals surface area (Å²) in [6.07, 6.45) is 3.78. The smallest absolute Gasteiger partial charge is 0.277 e. The zero-order valence-electron chi connectivity index (χ0n) is 37.2. The Hall–Kier alpha value is -6.80. The third-order valence-electron chi connectivity index (χ3n) is 13.7. The molecule has 65 heavy (non-hydrogen) atoms. The van der Waals surface area contributed by atoms with Crippen LogP contribution in [-0.4, -0.2) is 6.71 Å². The number of anilines is 6. The Balaban J connectivity index is 1.06. The number of hydrogen-bond acceptors (Lipinski definition) is 6. The highest BCUT2D eigenvalue weighted by atomic mass is 32.1. The fourth-order valence-corrected chi connectivity index (χ4v) is 13.0. The van der Waals surface area contributed by atoms with E-state index in [9.17, 15) is 0 Å². The van der Waals surface area contributed by atoms with Crippen molar-refractivity contribution in [2.24, 2.45) is 0 Å². The number of rotatable bonds is 4. The molecule has 11 aromatic rings. The maximum absolute atomic E-state index is 6.01. The van der Waals surface area contributed by atoms with E-state index in [0.29, 0.717) is 0 Å². The average molecular weight is 877 g/mol. The molecule has 0 radical (unpaired) electrons. The number of para-hydroxylation sites is 2. The van der Waals surface area contributed by atoms with Crippen LogP contribution in [0.25, 0.3) is 64.4 Å². The monoisotopic (exact) mass is 876 g/mol. The van der Waals surface area contributed by atoms with Crippen molar-refractivity contribution in [1.82, 2.24) is 0 Å². The molecular formula is C58H45BN2O2S2. The quantitative estimate of drug-likeness (QED) is 0.165. The summed E-state index contributed by atoms with van der Waals surface area (Å²) in [5.74, 6) is 0. The Morgan fingerprint density at radius 3 is 1.31 bits per heavy atom. The van der Waals surface area contributed by atoms with Gasteiger partial charge < -0.3 is 18.6 Å². The molecule has 13 rings (SSSR count). The lowest BCUT2D eigenvalue weighted by Gasteiger charge is -2.42. The van der Waals surface area contributed by atoms with Crippen LogP contribution in [0.15, 0.2) is 173 Å². The van der Waals surface area contributed by atoms with Gasteiger partial charge in [-0.1, -0.05) is 120 Å². The van der Waals surface area contributed by atoms with Gasteiger partial charge in [0.1, 0.15) is 11.2 Å². The molecule has 4 nitrogen and oxygen atoms in total. The van der Waals surface area contributed by atoms with Crippen LogP contribution < -0.4 is 24.8 Å². The van der Waals surface area contributed by atoms with Crippen molar-refractivity contribution in [1.29, 1.82) is 0 Å². The number of nitrogens with zero attached hydrogens (tertiary/aromatic N) is 2. The van der Waals surface area contributed by atoms with E-state index < -0.39 is 0 Å². The highest BCUT2D eigenvalue weighted by Crippen LogP contribution is 2.51. The SMILES string of the molecule is CC(C)(C)c1ccc2sc3c(c2c1)N(c1ccc(-c2coc4ccccc24)cc1)c1cccc2c1B3c1sc3ccc(C(C)(C)C)cc3c1N2c1ccc(-c2coc3ccccc23)cc1. The standard InChI is InChI=1S/C58H45BN2O2S2/c1-57(2,3)36-22-28-50-42(30-36)53-55(64-50)59-52-46(60(53)38-24-18-34(19-25-38)44-32-62-48-16-9-7-12-40(44)48)14-11-15-47(52)61(54-43-31-37(58(4,5)6)23-29-51(43)65-56(54)59)39-26-20-35(21-27-39)45-33-63-49-17-10-8-13-41(45)49/h7-33H,1-6H3. The first-order chi connectivity index (χ1) is 31.5. The van der Waals surface area contributed by atoms with Crippen LogP contribution in [0.4, 0.5) is 34.1 Å². The summed E-state index contributed by atoms with van der Waals surface area (Å²) in [7, 11) is 0. The molecule has 0 saturated heterocycles. The average Bonchev–Trinajstić information content (AvgIpc) is 4.11. The Morgan fingerprint density at radius 1 is 0.446 bits per heavy atom. The van der Waals surface area contributed by atoms with Crippen molar-refractivity contribution in [3.05, 3.63) is 175 Å². The number of benzene rings is 7. The molecule has 4 aromatic heterocycles. The third-order valence-corrected chi connectivity index (χ3v) is 16.2. The summed E-state index contributed by atoms with van der Waals surface area (Å²) in [4.78, 5) is 5.13. The van der Waals surface area contributed by atoms with Gasteiger partial charge in [-0.15, -0.1) is 22.7 Å². The Labute approximate surface area is 387 Å². The maximum atomic E-state index is 6.01. The Bertz CT molecular complexity index is 3470. The number of hydrogen-bond donors (Lipinski definition) is 0. The molecule has 7 heteroatoms. The summed E-state index contributed by atoms with van der Waals surface area (Å²) in [6.45, 7) is 14.0. The number of furan rings is 2. The molecule has 0 fully saturated rings. The fraction of sp³-hybridized carbons (Fsp3) is 0.138. The van der Waals surface area contributed by atoms with Gasteiger partial charge in [-0.2, -0.15) is 0 Å². The van der Waals surface area contributed by atoms with Gasteiger partial charge in [0.25, 0.3) is 6.71 Å². The zero-order valence-corrected chi connectivity index (χ0v) is 38.8. The van der Waals surface area contributed by atoms with E-state index in [2.05, 4.69) is 179 Å². The van der Waals surface area contributed by atoms with Gasteiger partial charge in [-0.3, -0.25) is 0 Å². The van der Waals surface area contributed by atoms with E-state index in [1.165, 1.54) is 69.1 Å². The molecule has 0 saturated carbocycles. The predicted molar refractivity (Wildman–Crippen MR) is 279 cm³/mol. The molecule has 7 aromatic carbocycles. The third kappa shape index (κ3) is 5.81. The van der Waals surface area contributed by atoms with Crippen LogP contribution in [-0.2, 0) is 10.8 Å². The molecule has 6 heterocycles. The fourth-order valence-electron chi connectivity index (χ4n) is 10.4. The van der Waals surface area contributed by atoms with Crippen LogP contribution in [0.3, 0.4) is 0 Å². The van der Waals surface area contributed by atoms with Gasteiger partial charge in [0.05, 0.1) is 23.9 Å². The van der Waals surface area contributed by atoms with Crippen molar-refractivity contribution in [3.63, 3.8) is 0 Å². The maximum Gasteiger partial charge on any atom is 0.277 e. The Kier molecular flexibility index (Phi) is 8.24. The summed E-state index contributed by atoms with van der Waals surface area (Å²) in [5.41, 5.74) is 17.6. The molecule has 0 atom stereocenters. The molecule has 314 valence electrons. The Morgan fingerprint density at radius 2 is 0.877 bits per heavy atom. The minimum Gasteiger partial charge on any atom is -0.464 e. The number of fused-ring (bicyclic) bond motifs is 10. The van der Waals surface area contributed by atoms with Gasteiger partial charge in [0.2, 0.25) is 0 Å². The van der Waals surface area contributed by atoms with Crippen LogP contribution in [0.2, 0.25) is 0 Å². The molecule has 0 unspecified atom stereocenters. The first kappa shape index (κ1) is 38.6. The van der Waals surface area contributed by atoms with Crippen LogP contribution >= 0.6 is 22.7 Å². The van der Waals surface area contributed by atoms with E-state index in [1.807, 2.05) is 59.5 Å². The molecule has 0 spiro atoms. The molecule has 2 aliphatic heterocycles. The summed E-state index contributed by atoms with van der Waals surface area (Å²) in [5, 5.41) is 4.86.